The van der Waals surface area contributed by atoms with Gasteiger partial charge in [0.1, 0.15) is 6.04 Å². The van der Waals surface area contributed by atoms with E-state index in [2.05, 4.69) is 22.5 Å². The molecule has 0 saturated carbocycles. The highest BCUT2D eigenvalue weighted by atomic mass is 16.7. The van der Waals surface area contributed by atoms with E-state index in [4.69, 9.17) is 14.2 Å². The molecule has 4 aromatic carbocycles. The van der Waals surface area contributed by atoms with Crippen molar-refractivity contribution < 1.29 is 34.0 Å². The third-order valence-electron chi connectivity index (χ3n) is 10.2. The summed E-state index contributed by atoms with van der Waals surface area (Å²) in [5.74, 6) is -0.447. The molecule has 2 aliphatic heterocycles. The average molecular weight is 708 g/mol. The Bertz CT molecular complexity index is 1750. The number of carbonyl (C=O) groups is 2. The highest BCUT2D eigenvalue weighted by Gasteiger charge is 2.40. The minimum atomic E-state index is -0.812. The molecule has 2 aliphatic rings. The second kappa shape index (κ2) is 17.8. The third kappa shape index (κ3) is 9.25. The van der Waals surface area contributed by atoms with Gasteiger partial charge in [-0.3, -0.25) is 4.90 Å². The quantitative estimate of drug-likeness (QED) is 0.131. The topological polar surface area (TPSA) is 130 Å². The molecule has 0 unspecified atom stereocenters. The van der Waals surface area contributed by atoms with Crippen LogP contribution in [0.15, 0.2) is 103 Å². The first-order valence-corrected chi connectivity index (χ1v) is 18.1. The van der Waals surface area contributed by atoms with Crippen LogP contribution in [0.4, 0.5) is 4.79 Å². The number of methoxy groups -OCH3 is 1. The van der Waals surface area contributed by atoms with Crippen LogP contribution in [0.25, 0.3) is 11.1 Å². The fourth-order valence-corrected chi connectivity index (χ4v) is 7.17. The standard InChI is InChI=1S/C42H49N3O7/c1-28-38(25-45-21-7-12-36(45)27-47)51-41(52-39(28)33-15-13-30(26-46)14-16-33)34-19-17-32(18-20-34)35-11-6-10-31(22-35)24-43-42(49)44-37(40(48)50-2)23-29-8-4-3-5-9-29/h3-6,8-11,13-20,22,28,36-39,41,46-47H,7,12,21,23-27H2,1-2H3,(H2,43,44,49)/t28-,36-,37-,38+,39+,41+/m0/s1. The van der Waals surface area contributed by atoms with Crippen molar-refractivity contribution in [3.05, 3.63) is 131 Å². The Balaban J connectivity index is 1.12. The van der Waals surface area contributed by atoms with Crippen molar-refractivity contribution in [2.24, 2.45) is 5.92 Å². The summed E-state index contributed by atoms with van der Waals surface area (Å²) < 4.78 is 18.3. The van der Waals surface area contributed by atoms with E-state index < -0.39 is 24.3 Å². The molecule has 0 spiro atoms. The summed E-state index contributed by atoms with van der Waals surface area (Å²) in [6.07, 6.45) is 1.46. The molecule has 4 N–H and O–H groups in total. The van der Waals surface area contributed by atoms with Crippen molar-refractivity contribution in [1.29, 1.82) is 0 Å². The largest absolute Gasteiger partial charge is 0.467 e. The lowest BCUT2D eigenvalue weighted by atomic mass is 9.89. The Morgan fingerprint density at radius 2 is 1.60 bits per heavy atom. The Kier molecular flexibility index (Phi) is 12.7. The maximum Gasteiger partial charge on any atom is 0.328 e. The van der Waals surface area contributed by atoms with Crippen LogP contribution in [0.2, 0.25) is 0 Å². The lowest BCUT2D eigenvalue weighted by molar-refractivity contribution is -0.276. The van der Waals surface area contributed by atoms with Crippen molar-refractivity contribution in [1.82, 2.24) is 15.5 Å². The molecule has 52 heavy (non-hydrogen) atoms. The first-order valence-electron chi connectivity index (χ1n) is 18.1. The number of amides is 2. The molecule has 2 amide bonds. The van der Waals surface area contributed by atoms with Crippen molar-refractivity contribution in [3.63, 3.8) is 0 Å². The molecular weight excluding hydrogens is 658 g/mol. The van der Waals surface area contributed by atoms with Crippen LogP contribution >= 0.6 is 0 Å². The predicted octanol–water partition coefficient (Wildman–Crippen LogP) is 5.68. The summed E-state index contributed by atoms with van der Waals surface area (Å²) in [5, 5.41) is 25.2. The first kappa shape index (κ1) is 37.2. The molecule has 274 valence electrons. The molecule has 2 saturated heterocycles. The second-order valence-corrected chi connectivity index (χ2v) is 13.7. The van der Waals surface area contributed by atoms with Gasteiger partial charge in [-0.25, -0.2) is 9.59 Å². The SMILES string of the molecule is COC(=O)[C@H](Cc1ccccc1)NC(=O)NCc1cccc(-c2ccc([C@@H]3O[C@H](CN4CCC[C@H]4CO)[C@H](C)[C@H](c4ccc(CO)cc4)O3)cc2)c1. The van der Waals surface area contributed by atoms with Crippen LogP contribution in [0, 0.1) is 5.92 Å². The van der Waals surface area contributed by atoms with Gasteiger partial charge in [0.25, 0.3) is 0 Å². The van der Waals surface area contributed by atoms with E-state index in [-0.39, 0.29) is 43.9 Å². The minimum absolute atomic E-state index is 0.0129. The molecule has 2 heterocycles. The summed E-state index contributed by atoms with van der Waals surface area (Å²) >= 11 is 0. The van der Waals surface area contributed by atoms with Crippen LogP contribution in [0.1, 0.15) is 60.0 Å². The highest BCUT2D eigenvalue weighted by molar-refractivity contribution is 5.83. The Morgan fingerprint density at radius 3 is 2.31 bits per heavy atom. The summed E-state index contributed by atoms with van der Waals surface area (Å²) in [5.41, 5.74) is 6.61. The molecular formula is C42H49N3O7. The number of aliphatic hydroxyl groups excluding tert-OH is 2. The maximum atomic E-state index is 12.8. The van der Waals surface area contributed by atoms with E-state index in [0.29, 0.717) is 13.0 Å². The summed E-state index contributed by atoms with van der Waals surface area (Å²) in [6.45, 7) is 4.21. The summed E-state index contributed by atoms with van der Waals surface area (Å²) in [4.78, 5) is 27.5. The zero-order valence-corrected chi connectivity index (χ0v) is 29.8. The van der Waals surface area contributed by atoms with Crippen LogP contribution in [-0.4, -0.2) is 72.1 Å². The molecule has 6 atom stereocenters. The van der Waals surface area contributed by atoms with Gasteiger partial charge in [-0.2, -0.15) is 0 Å². The number of hydrogen-bond acceptors (Lipinski definition) is 8. The average Bonchev–Trinajstić information content (AvgIpc) is 3.65. The Hall–Kier alpha value is -4.58. The molecule has 0 radical (unpaired) electrons. The lowest BCUT2D eigenvalue weighted by Gasteiger charge is -2.43. The van der Waals surface area contributed by atoms with Crippen LogP contribution < -0.4 is 10.6 Å². The van der Waals surface area contributed by atoms with Crippen LogP contribution in [0.5, 0.6) is 0 Å². The van der Waals surface area contributed by atoms with E-state index in [1.165, 1.54) is 7.11 Å². The van der Waals surface area contributed by atoms with E-state index in [9.17, 15) is 19.8 Å². The van der Waals surface area contributed by atoms with Gasteiger partial charge >= 0.3 is 12.0 Å². The van der Waals surface area contributed by atoms with E-state index in [1.54, 1.807) is 0 Å². The molecule has 6 rings (SSSR count). The van der Waals surface area contributed by atoms with E-state index in [0.717, 1.165) is 58.3 Å². The van der Waals surface area contributed by atoms with Gasteiger partial charge in [0.05, 0.1) is 32.5 Å². The monoisotopic (exact) mass is 707 g/mol. The third-order valence-corrected chi connectivity index (χ3v) is 10.2. The molecule has 0 aromatic heterocycles. The summed E-state index contributed by atoms with van der Waals surface area (Å²) in [7, 11) is 1.31. The van der Waals surface area contributed by atoms with Crippen LogP contribution in [-0.2, 0) is 38.6 Å². The van der Waals surface area contributed by atoms with Crippen molar-refractivity contribution in [3.8, 4) is 11.1 Å². The smallest absolute Gasteiger partial charge is 0.328 e. The number of likely N-dealkylation sites (tertiary alicyclic amines) is 1. The number of rotatable bonds is 13. The number of ether oxygens (including phenoxy) is 3. The Labute approximate surface area is 305 Å². The lowest BCUT2D eigenvalue weighted by Crippen LogP contribution is -2.47. The highest BCUT2D eigenvalue weighted by Crippen LogP contribution is 2.42. The number of nitrogens with zero attached hydrogens (tertiary/aromatic N) is 1. The number of esters is 1. The van der Waals surface area contributed by atoms with Gasteiger partial charge in [-0.15, -0.1) is 0 Å². The van der Waals surface area contributed by atoms with Crippen molar-refractivity contribution in [2.45, 2.75) is 69.9 Å². The molecule has 4 aromatic rings. The van der Waals surface area contributed by atoms with Gasteiger partial charge in [0.15, 0.2) is 6.29 Å². The van der Waals surface area contributed by atoms with E-state index >= 15 is 0 Å². The zero-order valence-electron chi connectivity index (χ0n) is 29.8. The fourth-order valence-electron chi connectivity index (χ4n) is 7.17. The molecule has 10 nitrogen and oxygen atoms in total. The molecule has 10 heteroatoms. The van der Waals surface area contributed by atoms with Crippen LogP contribution in [0.3, 0.4) is 0 Å². The number of hydrogen-bond donors (Lipinski definition) is 4. The fraction of sp³-hybridized carbons (Fsp3) is 0.381. The van der Waals surface area contributed by atoms with Crippen molar-refractivity contribution in [2.75, 3.05) is 26.8 Å². The Morgan fingerprint density at radius 1 is 0.865 bits per heavy atom. The number of nitrogens with one attached hydrogen (secondary N) is 2. The molecule has 0 aliphatic carbocycles. The van der Waals surface area contributed by atoms with Gasteiger partial charge in [0.2, 0.25) is 0 Å². The minimum Gasteiger partial charge on any atom is -0.467 e. The second-order valence-electron chi connectivity index (χ2n) is 13.7. The summed E-state index contributed by atoms with van der Waals surface area (Å²) in [6, 6.07) is 32.4. The number of aliphatic hydroxyl groups is 2. The number of carbonyl (C=O) groups excluding carboxylic acids is 2. The first-order chi connectivity index (χ1) is 25.3. The molecule has 0 bridgehead atoms. The number of benzene rings is 4. The predicted molar refractivity (Wildman–Crippen MR) is 198 cm³/mol. The van der Waals surface area contributed by atoms with Crippen molar-refractivity contribution >= 4 is 12.0 Å². The maximum absolute atomic E-state index is 12.8. The normalized spacial score (nSPS) is 22.4. The zero-order chi connectivity index (χ0) is 36.5. The number of urea groups is 1. The van der Waals surface area contributed by atoms with Gasteiger partial charge in [0, 0.05) is 37.0 Å². The van der Waals surface area contributed by atoms with Gasteiger partial charge < -0.3 is 35.1 Å². The van der Waals surface area contributed by atoms with Gasteiger partial charge in [-0.1, -0.05) is 104 Å². The van der Waals surface area contributed by atoms with E-state index in [1.807, 2.05) is 103 Å². The van der Waals surface area contributed by atoms with Gasteiger partial charge in [-0.05, 0) is 58.8 Å². The molecule has 2 fully saturated rings.